The highest BCUT2D eigenvalue weighted by atomic mass is 16.5. The summed E-state index contributed by atoms with van der Waals surface area (Å²) in [6.07, 6.45) is 1.46. The Balaban J connectivity index is 2.74. The van der Waals surface area contributed by atoms with Crippen LogP contribution in [0.25, 0.3) is 16.7 Å². The van der Waals surface area contributed by atoms with E-state index in [1.165, 1.54) is 6.33 Å². The van der Waals surface area contributed by atoms with Gasteiger partial charge in [-0.25, -0.2) is 4.52 Å². The molecule has 0 amide bonds. The Bertz CT molecular complexity index is 575. The molecule has 0 saturated carbocycles. The summed E-state index contributed by atoms with van der Waals surface area (Å²) in [5.41, 5.74) is 3.36. The quantitative estimate of drug-likeness (QED) is 0.538. The zero-order valence-corrected chi connectivity index (χ0v) is 6.90. The minimum absolute atomic E-state index is 0.539. The van der Waals surface area contributed by atoms with Gasteiger partial charge in [0.25, 0.3) is 5.71 Å². The summed E-state index contributed by atoms with van der Waals surface area (Å²) in [5, 5.41) is 9.54. The van der Waals surface area contributed by atoms with Gasteiger partial charge < -0.3 is 4.52 Å². The van der Waals surface area contributed by atoms with Gasteiger partial charge in [-0.15, -0.1) is 0 Å². The molecule has 6 heteroatoms. The molecular formula is C7H7N5O. The van der Waals surface area contributed by atoms with Crippen LogP contribution >= 0.6 is 0 Å². The van der Waals surface area contributed by atoms with E-state index in [1.807, 2.05) is 13.0 Å². The fraction of sp³-hybridized carbons (Fsp3) is 0.143. The Morgan fingerprint density at radius 1 is 1.54 bits per heavy atom. The largest absolute Gasteiger partial charge is 0.344 e. The van der Waals surface area contributed by atoms with Crippen molar-refractivity contribution in [3.05, 3.63) is 18.1 Å². The lowest BCUT2D eigenvalue weighted by atomic mass is 10.4. The van der Waals surface area contributed by atoms with Crippen molar-refractivity contribution >= 4 is 16.7 Å². The number of aromatic amines is 2. The van der Waals surface area contributed by atoms with E-state index in [-0.39, 0.29) is 0 Å². The zero-order valence-electron chi connectivity index (χ0n) is 6.90. The van der Waals surface area contributed by atoms with Crippen LogP contribution in [0.4, 0.5) is 0 Å². The minimum Gasteiger partial charge on any atom is -0.344 e. The number of nitrogens with zero attached hydrogens (tertiary/aromatic N) is 3. The Labute approximate surface area is 72.2 Å². The molecule has 13 heavy (non-hydrogen) atoms. The van der Waals surface area contributed by atoms with Crippen LogP contribution in [0, 0.1) is 6.92 Å². The molecule has 2 N–H and O–H groups in total. The molecule has 6 nitrogen and oxygen atoms in total. The van der Waals surface area contributed by atoms with Gasteiger partial charge in [0.1, 0.15) is 6.33 Å². The molecule has 0 unspecified atom stereocenters. The summed E-state index contributed by atoms with van der Waals surface area (Å²) >= 11 is 0. The highest BCUT2D eigenvalue weighted by molar-refractivity contribution is 5.86. The van der Waals surface area contributed by atoms with Crippen LogP contribution < -0.4 is 0 Å². The molecule has 0 aliphatic heterocycles. The SMILES string of the molecule is Cc1cc2[nH][nH]oc3ncnn1c23. The molecule has 0 aliphatic rings. The first-order valence-corrected chi connectivity index (χ1v) is 3.87. The molecule has 0 aliphatic carbocycles. The molecule has 66 valence electrons. The maximum Gasteiger partial charge on any atom is 0.277 e. The summed E-state index contributed by atoms with van der Waals surface area (Å²) in [4.78, 5) is 3.99. The second kappa shape index (κ2) is 2.03. The van der Waals surface area contributed by atoms with Crippen molar-refractivity contribution in [2.45, 2.75) is 6.92 Å². The lowest BCUT2D eigenvalue weighted by Crippen LogP contribution is -1.96. The second-order valence-electron chi connectivity index (χ2n) is 2.85. The first-order chi connectivity index (χ1) is 6.36. The third kappa shape index (κ3) is 0.715. The molecule has 0 aromatic carbocycles. The molecular weight excluding hydrogens is 170 g/mol. The summed E-state index contributed by atoms with van der Waals surface area (Å²) in [7, 11) is 0. The zero-order chi connectivity index (χ0) is 8.84. The summed E-state index contributed by atoms with van der Waals surface area (Å²) in [6.45, 7) is 1.97. The molecule has 3 rings (SSSR count). The Morgan fingerprint density at radius 2 is 2.46 bits per heavy atom. The van der Waals surface area contributed by atoms with E-state index in [0.717, 1.165) is 16.7 Å². The molecule has 3 aromatic rings. The van der Waals surface area contributed by atoms with E-state index in [4.69, 9.17) is 4.52 Å². The molecule has 0 spiro atoms. The normalized spacial score (nSPS) is 11.5. The van der Waals surface area contributed by atoms with Gasteiger partial charge in [0.15, 0.2) is 5.52 Å². The van der Waals surface area contributed by atoms with Gasteiger partial charge in [-0.3, -0.25) is 5.10 Å². The molecule has 0 saturated heterocycles. The second-order valence-corrected chi connectivity index (χ2v) is 2.85. The fourth-order valence-electron chi connectivity index (χ4n) is 1.47. The maximum absolute atomic E-state index is 5.08. The van der Waals surface area contributed by atoms with Crippen molar-refractivity contribution in [1.82, 2.24) is 25.0 Å². The third-order valence-electron chi connectivity index (χ3n) is 2.03. The number of aryl methyl sites for hydroxylation is 1. The van der Waals surface area contributed by atoms with Crippen molar-refractivity contribution in [3.63, 3.8) is 0 Å². The van der Waals surface area contributed by atoms with Crippen LogP contribution in [-0.4, -0.2) is 25.0 Å². The molecule has 0 bridgehead atoms. The maximum atomic E-state index is 5.08. The topological polar surface area (TPSA) is 74.9 Å². The van der Waals surface area contributed by atoms with Crippen LogP contribution in [0.15, 0.2) is 16.9 Å². The van der Waals surface area contributed by atoms with Gasteiger partial charge in [-0.1, -0.05) is 0 Å². The van der Waals surface area contributed by atoms with E-state index in [1.54, 1.807) is 4.52 Å². The molecule has 0 radical (unpaired) electrons. The van der Waals surface area contributed by atoms with Gasteiger partial charge in [-0.2, -0.15) is 15.4 Å². The molecule has 0 fully saturated rings. The first kappa shape index (κ1) is 6.53. The highest BCUT2D eigenvalue weighted by Crippen LogP contribution is 2.17. The van der Waals surface area contributed by atoms with Gasteiger partial charge in [0.2, 0.25) is 0 Å². The molecule has 0 atom stereocenters. The van der Waals surface area contributed by atoms with Crippen LogP contribution in [0.2, 0.25) is 0 Å². The molecule has 3 heterocycles. The Kier molecular flexibility index (Phi) is 1.02. The summed E-state index contributed by atoms with van der Waals surface area (Å²) < 4.78 is 6.86. The number of hydrogen-bond donors (Lipinski definition) is 2. The van der Waals surface area contributed by atoms with Gasteiger partial charge in [0.05, 0.1) is 5.52 Å². The van der Waals surface area contributed by atoms with Gasteiger partial charge >= 0.3 is 0 Å². The van der Waals surface area contributed by atoms with E-state index in [9.17, 15) is 0 Å². The van der Waals surface area contributed by atoms with E-state index in [2.05, 4.69) is 20.5 Å². The number of hydrogen-bond acceptors (Lipinski definition) is 3. The monoisotopic (exact) mass is 177 g/mol. The number of nitrogens with one attached hydrogen (secondary N) is 2. The Morgan fingerprint density at radius 3 is 3.38 bits per heavy atom. The van der Waals surface area contributed by atoms with E-state index < -0.39 is 0 Å². The van der Waals surface area contributed by atoms with Crippen molar-refractivity contribution in [2.75, 3.05) is 0 Å². The predicted molar refractivity (Wildman–Crippen MR) is 45.0 cm³/mol. The Hall–Kier alpha value is -1.98. The van der Waals surface area contributed by atoms with E-state index in [0.29, 0.717) is 5.71 Å². The first-order valence-electron chi connectivity index (χ1n) is 3.87. The van der Waals surface area contributed by atoms with Crippen molar-refractivity contribution in [2.24, 2.45) is 0 Å². The van der Waals surface area contributed by atoms with Crippen molar-refractivity contribution < 1.29 is 4.52 Å². The van der Waals surface area contributed by atoms with Crippen molar-refractivity contribution in [1.29, 1.82) is 0 Å². The van der Waals surface area contributed by atoms with E-state index >= 15 is 0 Å². The minimum atomic E-state index is 0.539. The lowest BCUT2D eigenvalue weighted by Gasteiger charge is -1.97. The highest BCUT2D eigenvalue weighted by Gasteiger charge is 2.08. The summed E-state index contributed by atoms with van der Waals surface area (Å²) in [5.74, 6) is 0. The summed E-state index contributed by atoms with van der Waals surface area (Å²) in [6, 6.07) is 1.98. The lowest BCUT2D eigenvalue weighted by molar-refractivity contribution is 0.394. The average Bonchev–Trinajstić information content (AvgIpc) is 2.47. The van der Waals surface area contributed by atoms with Crippen LogP contribution in [0.3, 0.4) is 0 Å². The third-order valence-corrected chi connectivity index (χ3v) is 2.03. The number of aromatic nitrogens is 5. The average molecular weight is 177 g/mol. The standard InChI is InChI=1S/C7H7N5O/c1-4-2-5-6-7(13-11-10-5)8-3-9-12(4)6/h2-3,10-11H,1H3. The van der Waals surface area contributed by atoms with Crippen molar-refractivity contribution in [3.8, 4) is 0 Å². The smallest absolute Gasteiger partial charge is 0.277 e. The number of rotatable bonds is 0. The van der Waals surface area contributed by atoms with Gasteiger partial charge in [0, 0.05) is 5.69 Å². The van der Waals surface area contributed by atoms with Crippen LogP contribution in [-0.2, 0) is 0 Å². The fourth-order valence-corrected chi connectivity index (χ4v) is 1.47. The predicted octanol–water partition coefficient (Wildman–Crippen LogP) is 1.00. The number of H-pyrrole nitrogens is 2. The van der Waals surface area contributed by atoms with Crippen LogP contribution in [0.1, 0.15) is 5.69 Å². The van der Waals surface area contributed by atoms with Gasteiger partial charge in [-0.05, 0) is 13.0 Å². The molecule has 3 aromatic heterocycles. The van der Waals surface area contributed by atoms with Crippen LogP contribution in [0.5, 0.6) is 0 Å².